The Kier molecular flexibility index (Phi) is 28.3. The van der Waals surface area contributed by atoms with Crippen molar-refractivity contribution in [1.82, 2.24) is 10.3 Å². The predicted molar refractivity (Wildman–Crippen MR) is 179 cm³/mol. The first kappa shape index (κ1) is 41.3. The highest BCUT2D eigenvalue weighted by atomic mass is 32.1. The molecular formula is C33H61FN2S2. The first-order valence-electron chi connectivity index (χ1n) is 14.7. The number of hydrogen-bond donors (Lipinski definition) is 2. The zero-order valence-corrected chi connectivity index (χ0v) is 28.5. The van der Waals surface area contributed by atoms with Gasteiger partial charge in [-0.2, -0.15) is 12.6 Å². The number of nitrogens with zero attached hydrogens (tertiary/aromatic N) is 1. The Morgan fingerprint density at radius 2 is 1.58 bits per heavy atom. The maximum Gasteiger partial charge on any atom is 0.123 e. The van der Waals surface area contributed by atoms with Crippen LogP contribution in [-0.2, 0) is 0 Å². The average Bonchev–Trinajstić information content (AvgIpc) is 3.50. The number of aromatic nitrogens is 1. The Hall–Kier alpha value is -1.17. The van der Waals surface area contributed by atoms with Gasteiger partial charge in [0.25, 0.3) is 0 Å². The molecule has 1 aromatic carbocycles. The van der Waals surface area contributed by atoms with Crippen LogP contribution in [0, 0.1) is 18.8 Å². The largest absolute Gasteiger partial charge is 0.317 e. The molecule has 1 aliphatic carbocycles. The van der Waals surface area contributed by atoms with Gasteiger partial charge in [0.2, 0.25) is 0 Å². The van der Waals surface area contributed by atoms with Crippen LogP contribution in [0.3, 0.4) is 0 Å². The fourth-order valence-electron chi connectivity index (χ4n) is 3.23. The van der Waals surface area contributed by atoms with Crippen molar-refractivity contribution in [3.05, 3.63) is 53.0 Å². The molecule has 1 heterocycles. The monoisotopic (exact) mass is 568 g/mol. The Bertz CT molecular complexity index is 768. The van der Waals surface area contributed by atoms with Crippen molar-refractivity contribution in [2.75, 3.05) is 13.6 Å². The van der Waals surface area contributed by atoms with E-state index in [0.29, 0.717) is 18.4 Å². The van der Waals surface area contributed by atoms with Crippen LogP contribution < -0.4 is 5.32 Å². The van der Waals surface area contributed by atoms with Gasteiger partial charge in [0, 0.05) is 6.54 Å². The molecule has 1 aromatic heterocycles. The molecule has 1 fully saturated rings. The van der Waals surface area contributed by atoms with Crippen LogP contribution in [0.4, 0.5) is 4.39 Å². The third-order valence-electron chi connectivity index (χ3n) is 6.21. The maximum absolute atomic E-state index is 12.4. The van der Waals surface area contributed by atoms with E-state index in [9.17, 15) is 4.39 Å². The minimum absolute atomic E-state index is 0.535. The van der Waals surface area contributed by atoms with Crippen molar-refractivity contribution in [2.45, 2.75) is 120 Å². The van der Waals surface area contributed by atoms with Crippen molar-refractivity contribution >= 4 is 24.0 Å². The highest BCUT2D eigenvalue weighted by molar-refractivity contribution is 7.83. The summed E-state index contributed by atoms with van der Waals surface area (Å²) in [4.78, 5) is 5.58. The Morgan fingerprint density at radius 1 is 1.08 bits per heavy atom. The van der Waals surface area contributed by atoms with Crippen LogP contribution >= 0.6 is 24.0 Å². The molecule has 3 rings (SSSR count). The van der Waals surface area contributed by atoms with Gasteiger partial charge >= 0.3 is 0 Å². The summed E-state index contributed by atoms with van der Waals surface area (Å²) in [7, 11) is 1.78. The lowest BCUT2D eigenvalue weighted by molar-refractivity contribution is 0.302. The molecular weight excluding hydrogens is 508 g/mol. The smallest absolute Gasteiger partial charge is 0.123 e. The van der Waals surface area contributed by atoms with Crippen molar-refractivity contribution in [3.8, 4) is 10.4 Å². The normalized spacial score (nSPS) is 13.7. The van der Waals surface area contributed by atoms with E-state index in [-0.39, 0.29) is 0 Å². The summed E-state index contributed by atoms with van der Waals surface area (Å²) in [6.07, 6.45) is 5.60. The highest BCUT2D eigenvalue weighted by Gasteiger charge is 2.42. The molecule has 0 saturated heterocycles. The number of halogens is 1. The number of rotatable bonds is 8. The Morgan fingerprint density at radius 3 is 1.84 bits per heavy atom. The van der Waals surface area contributed by atoms with Gasteiger partial charge in [0.15, 0.2) is 0 Å². The quantitative estimate of drug-likeness (QED) is 0.310. The van der Waals surface area contributed by atoms with Crippen LogP contribution in [0.1, 0.15) is 119 Å². The molecule has 0 bridgehead atoms. The summed E-state index contributed by atoms with van der Waals surface area (Å²) in [5.41, 5.74) is 4.93. The zero-order chi connectivity index (χ0) is 30.1. The second kappa shape index (κ2) is 26.1. The zero-order valence-electron chi connectivity index (χ0n) is 26.8. The Labute approximate surface area is 246 Å². The standard InChI is InChI=1S/C15H19NS.C7H16.C5H10FN.C2H4S.2C2H6/c1-10(2)11(3)13-5-7-14(8-6-13)15-12(4)16-9-17-15;1-4-6-7(3)5-2;1-7-4-5(6)2-3-5;1-2-3;2*1-2/h5-11H,1-4H3;7H,4-6H2,1-3H3;7H,2-4H2,1H3;2-3H,1H2;2*1-2H3. The van der Waals surface area contributed by atoms with Gasteiger partial charge < -0.3 is 5.32 Å². The molecule has 0 spiro atoms. The number of thiol groups is 1. The van der Waals surface area contributed by atoms with E-state index in [0.717, 1.165) is 24.5 Å². The number of benzene rings is 1. The minimum atomic E-state index is -0.811. The van der Waals surface area contributed by atoms with Crippen molar-refractivity contribution < 1.29 is 4.39 Å². The van der Waals surface area contributed by atoms with E-state index in [1.807, 2.05) is 33.2 Å². The fourth-order valence-corrected chi connectivity index (χ4v) is 4.04. The molecule has 2 unspecified atom stereocenters. The van der Waals surface area contributed by atoms with Crippen molar-refractivity contribution in [3.63, 3.8) is 0 Å². The molecule has 1 N–H and O–H groups in total. The SMILES string of the molecule is C=CS.CC.CC.CCCC(C)CC.CNCC1(F)CC1.Cc1ncsc1-c1ccc(C(C)C(C)C)cc1. The lowest BCUT2D eigenvalue weighted by atomic mass is 9.90. The summed E-state index contributed by atoms with van der Waals surface area (Å²) in [6, 6.07) is 8.93. The highest BCUT2D eigenvalue weighted by Crippen LogP contribution is 2.38. The van der Waals surface area contributed by atoms with Crippen LogP contribution in [0.2, 0.25) is 0 Å². The Balaban J connectivity index is -0.000000486. The van der Waals surface area contributed by atoms with Gasteiger partial charge in [-0.1, -0.05) is 119 Å². The van der Waals surface area contributed by atoms with Crippen molar-refractivity contribution in [2.24, 2.45) is 11.8 Å². The summed E-state index contributed by atoms with van der Waals surface area (Å²) < 4.78 is 12.4. The van der Waals surface area contributed by atoms with E-state index in [1.54, 1.807) is 18.4 Å². The van der Waals surface area contributed by atoms with Gasteiger partial charge in [-0.25, -0.2) is 9.37 Å². The fraction of sp³-hybridized carbons (Fsp3) is 0.667. The second-order valence-corrected chi connectivity index (χ2v) is 10.8. The van der Waals surface area contributed by atoms with E-state index in [2.05, 4.69) is 102 Å². The minimum Gasteiger partial charge on any atom is -0.317 e. The predicted octanol–water partition coefficient (Wildman–Crippen LogP) is 11.5. The van der Waals surface area contributed by atoms with Gasteiger partial charge in [-0.15, -0.1) is 11.3 Å². The topological polar surface area (TPSA) is 24.9 Å². The van der Waals surface area contributed by atoms with Crippen LogP contribution in [0.15, 0.2) is 41.8 Å². The number of hydrogen-bond acceptors (Lipinski definition) is 4. The molecule has 0 amide bonds. The summed E-state index contributed by atoms with van der Waals surface area (Å²) in [5, 5.41) is 4.24. The van der Waals surface area contributed by atoms with Gasteiger partial charge in [-0.3, -0.25) is 0 Å². The molecule has 38 heavy (non-hydrogen) atoms. The summed E-state index contributed by atoms with van der Waals surface area (Å²) >= 11 is 5.26. The van der Waals surface area contributed by atoms with Crippen LogP contribution in [-0.4, -0.2) is 24.2 Å². The van der Waals surface area contributed by atoms with Crippen LogP contribution in [0.5, 0.6) is 0 Å². The number of thiazole rings is 1. The lowest BCUT2D eigenvalue weighted by Crippen LogP contribution is -2.20. The first-order valence-corrected chi connectivity index (χ1v) is 16.1. The van der Waals surface area contributed by atoms with Crippen molar-refractivity contribution in [1.29, 1.82) is 0 Å². The molecule has 2 aromatic rings. The van der Waals surface area contributed by atoms with Gasteiger partial charge in [0.05, 0.1) is 16.1 Å². The summed E-state index contributed by atoms with van der Waals surface area (Å²) in [5.74, 6) is 2.25. The lowest BCUT2D eigenvalue weighted by Gasteiger charge is -2.16. The third-order valence-corrected chi connectivity index (χ3v) is 7.19. The molecule has 0 aliphatic heterocycles. The average molecular weight is 569 g/mol. The van der Waals surface area contributed by atoms with Crippen LogP contribution in [0.25, 0.3) is 10.4 Å². The number of aryl methyl sites for hydroxylation is 1. The number of alkyl halides is 1. The van der Waals surface area contributed by atoms with E-state index in [4.69, 9.17) is 0 Å². The second-order valence-electron chi connectivity index (χ2n) is 9.59. The van der Waals surface area contributed by atoms with Gasteiger partial charge in [-0.05, 0) is 61.1 Å². The van der Waals surface area contributed by atoms with E-state index >= 15 is 0 Å². The molecule has 5 heteroatoms. The third kappa shape index (κ3) is 19.8. The summed E-state index contributed by atoms with van der Waals surface area (Å²) in [6.45, 7) is 27.5. The molecule has 1 aliphatic rings. The molecule has 0 radical (unpaired) electrons. The maximum atomic E-state index is 12.4. The molecule has 1 saturated carbocycles. The molecule has 2 atom stereocenters. The van der Waals surface area contributed by atoms with E-state index < -0.39 is 5.67 Å². The molecule has 2 nitrogen and oxygen atoms in total. The number of nitrogens with one attached hydrogen (secondary N) is 1. The van der Waals surface area contributed by atoms with E-state index in [1.165, 1.54) is 40.7 Å². The first-order chi connectivity index (χ1) is 18.1. The van der Waals surface area contributed by atoms with Gasteiger partial charge in [0.1, 0.15) is 5.67 Å². The molecule has 222 valence electrons.